The Morgan fingerprint density at radius 1 is 0.911 bits per heavy atom. The molecule has 10 atom stereocenters. The molecular weight excluding hydrogens is 703 g/mol. The maximum Gasteiger partial charge on any atom is 0.306 e. The summed E-state index contributed by atoms with van der Waals surface area (Å²) in [6.07, 6.45) is 11.9. The Morgan fingerprint density at radius 3 is 2.27 bits per heavy atom. The van der Waals surface area contributed by atoms with Gasteiger partial charge in [0, 0.05) is 50.6 Å². The lowest BCUT2D eigenvalue weighted by atomic mass is 9.32. The third-order valence-electron chi connectivity index (χ3n) is 18.0. The minimum atomic E-state index is -0.883. The number of hydrogen-bond acceptors (Lipinski definition) is 7. The second-order valence-electron chi connectivity index (χ2n) is 22.1. The maximum atomic E-state index is 14.3. The van der Waals surface area contributed by atoms with Crippen molar-refractivity contribution in [2.24, 2.45) is 62.1 Å². The summed E-state index contributed by atoms with van der Waals surface area (Å²) in [7, 11) is 0. The number of rotatable bonds is 10. The predicted octanol–water partition coefficient (Wildman–Crippen LogP) is 9.48. The molecule has 6 aliphatic rings. The van der Waals surface area contributed by atoms with Crippen molar-refractivity contribution in [3.63, 3.8) is 0 Å². The highest BCUT2D eigenvalue weighted by Gasteiger charge is 2.71. The Morgan fingerprint density at radius 2 is 1.62 bits per heavy atom. The summed E-state index contributed by atoms with van der Waals surface area (Å²) in [6, 6.07) is 2.01. The van der Waals surface area contributed by atoms with E-state index >= 15 is 0 Å². The van der Waals surface area contributed by atoms with E-state index in [2.05, 4.69) is 63.1 Å². The number of aromatic nitrogens is 1. The normalized spacial score (nSPS) is 39.5. The molecule has 0 aromatic carbocycles. The lowest BCUT2D eigenvalue weighted by Gasteiger charge is -2.73. The molecule has 0 spiro atoms. The molecule has 1 aromatic heterocycles. The first-order valence-corrected chi connectivity index (χ1v) is 22.1. The van der Waals surface area contributed by atoms with E-state index in [-0.39, 0.29) is 52.0 Å². The smallest absolute Gasteiger partial charge is 0.306 e. The predicted molar refractivity (Wildman–Crippen MR) is 217 cm³/mol. The molecule has 7 rings (SSSR count). The Kier molecular flexibility index (Phi) is 10.8. The van der Waals surface area contributed by atoms with Crippen LogP contribution < -0.4 is 0 Å². The highest BCUT2D eigenvalue weighted by atomic mass is 16.5. The van der Waals surface area contributed by atoms with Crippen LogP contribution in [0.2, 0.25) is 0 Å². The lowest BCUT2D eigenvalue weighted by Crippen LogP contribution is -2.67. The SMILES string of the molecule is C=C(C)[C@@H]1CC[C@]2(CC(=O)N3CCN(Cc4cc(C)on4)CC3)CC[C@]3(C)[C@H](CC[C@@H]4[C@@]5(C)CC[C@H](OC(=O)CC(C)(C)CC(=O)O)C(C)(C)[C@@H]5CC[C@]43C)[C@@H]12. The molecule has 0 radical (unpaired) electrons. The zero-order chi connectivity index (χ0) is 40.6. The molecule has 1 amide bonds. The van der Waals surface area contributed by atoms with E-state index in [0.717, 1.165) is 82.7 Å². The zero-order valence-corrected chi connectivity index (χ0v) is 36.3. The molecule has 1 N–H and O–H groups in total. The van der Waals surface area contributed by atoms with E-state index in [0.29, 0.717) is 41.9 Å². The maximum absolute atomic E-state index is 14.3. The summed E-state index contributed by atoms with van der Waals surface area (Å²) in [4.78, 5) is 43.6. The van der Waals surface area contributed by atoms with Gasteiger partial charge in [0.15, 0.2) is 0 Å². The van der Waals surface area contributed by atoms with Crippen LogP contribution in [0.25, 0.3) is 0 Å². The number of aliphatic carboxylic acids is 1. The van der Waals surface area contributed by atoms with Gasteiger partial charge in [-0.3, -0.25) is 19.3 Å². The number of carbonyl (C=O) groups excluding carboxylic acids is 2. The van der Waals surface area contributed by atoms with Gasteiger partial charge in [-0.1, -0.05) is 65.8 Å². The fourth-order valence-corrected chi connectivity index (χ4v) is 15.1. The number of allylic oxidation sites excluding steroid dienone is 1. The second-order valence-corrected chi connectivity index (χ2v) is 22.1. The lowest BCUT2D eigenvalue weighted by molar-refractivity contribution is -0.250. The molecule has 6 fully saturated rings. The molecule has 1 aliphatic heterocycles. The Labute approximate surface area is 337 Å². The molecule has 9 heteroatoms. The number of esters is 1. The summed E-state index contributed by atoms with van der Waals surface area (Å²) in [5, 5.41) is 13.6. The van der Waals surface area contributed by atoms with Gasteiger partial charge >= 0.3 is 11.9 Å². The highest BCUT2D eigenvalue weighted by Crippen LogP contribution is 2.78. The van der Waals surface area contributed by atoms with Gasteiger partial charge in [0.2, 0.25) is 5.91 Å². The minimum absolute atomic E-state index is 0.0491. The topological polar surface area (TPSA) is 113 Å². The quantitative estimate of drug-likeness (QED) is 0.185. The van der Waals surface area contributed by atoms with Gasteiger partial charge in [-0.25, -0.2) is 0 Å². The average Bonchev–Trinajstić information content (AvgIpc) is 3.69. The molecule has 5 aliphatic carbocycles. The van der Waals surface area contributed by atoms with E-state index in [9.17, 15) is 19.5 Å². The van der Waals surface area contributed by atoms with E-state index in [1.807, 2.05) is 26.8 Å². The van der Waals surface area contributed by atoms with Crippen LogP contribution in [-0.4, -0.2) is 70.2 Å². The molecule has 9 nitrogen and oxygen atoms in total. The average molecular weight is 776 g/mol. The molecule has 56 heavy (non-hydrogen) atoms. The van der Waals surface area contributed by atoms with Crippen molar-refractivity contribution in [3.8, 4) is 0 Å². The van der Waals surface area contributed by atoms with Crippen molar-refractivity contribution >= 4 is 17.8 Å². The number of nitrogens with zero attached hydrogens (tertiary/aromatic N) is 3. The number of carbonyl (C=O) groups is 3. The third kappa shape index (κ3) is 6.99. The van der Waals surface area contributed by atoms with Crippen molar-refractivity contribution in [2.75, 3.05) is 26.2 Å². The summed E-state index contributed by atoms with van der Waals surface area (Å²) >= 11 is 0. The molecule has 312 valence electrons. The summed E-state index contributed by atoms with van der Waals surface area (Å²) in [5.74, 6) is 2.65. The molecule has 1 aromatic rings. The fourth-order valence-electron chi connectivity index (χ4n) is 15.1. The number of aryl methyl sites for hydroxylation is 1. The number of piperazine rings is 1. The molecule has 0 unspecified atom stereocenters. The van der Waals surface area contributed by atoms with Gasteiger partial charge in [-0.05, 0) is 135 Å². The van der Waals surface area contributed by atoms with Crippen molar-refractivity contribution in [2.45, 2.75) is 158 Å². The van der Waals surface area contributed by atoms with Gasteiger partial charge < -0.3 is 19.3 Å². The molecule has 5 saturated carbocycles. The summed E-state index contributed by atoms with van der Waals surface area (Å²) in [5.41, 5.74) is 2.05. The zero-order valence-electron chi connectivity index (χ0n) is 36.3. The number of fused-ring (bicyclic) bond motifs is 7. The van der Waals surface area contributed by atoms with Crippen LogP contribution in [0.3, 0.4) is 0 Å². The Hall–Kier alpha value is -2.68. The van der Waals surface area contributed by atoms with Crippen LogP contribution in [0.15, 0.2) is 22.7 Å². The van der Waals surface area contributed by atoms with Crippen LogP contribution >= 0.6 is 0 Å². The largest absolute Gasteiger partial charge is 0.481 e. The molecule has 0 bridgehead atoms. The standard InChI is InChI=1S/C47H73N3O6/c1-30(2)33-13-18-47(26-38(51)50-23-21-49(22-24-50)29-32-25-31(3)56-48-32)20-19-45(9)34(41(33)47)11-12-36-44(8)16-15-37(43(6,7)35(44)14-17-46(36,45)10)55-40(54)28-42(4,5)27-39(52)53/h25,33-37,41H,1,11-24,26-29H2,2-10H3,(H,52,53)/t33-,34+,35-,36+,37-,41+,44-,45+,46+,47+/m0/s1. The number of amides is 1. The van der Waals surface area contributed by atoms with E-state index in [4.69, 9.17) is 9.26 Å². The van der Waals surface area contributed by atoms with Gasteiger partial charge in [0.1, 0.15) is 11.9 Å². The summed E-state index contributed by atoms with van der Waals surface area (Å²) < 4.78 is 11.6. The second kappa shape index (κ2) is 14.5. The first kappa shape index (κ1) is 41.5. The number of carboxylic acid groups (broad SMARTS) is 1. The van der Waals surface area contributed by atoms with E-state index < -0.39 is 11.4 Å². The van der Waals surface area contributed by atoms with Gasteiger partial charge in [-0.15, -0.1) is 0 Å². The van der Waals surface area contributed by atoms with Gasteiger partial charge in [0.05, 0.1) is 18.5 Å². The molecule has 1 saturated heterocycles. The van der Waals surface area contributed by atoms with Crippen LogP contribution in [-0.2, 0) is 25.7 Å². The molecule has 2 heterocycles. The van der Waals surface area contributed by atoms with Crippen LogP contribution in [0.5, 0.6) is 0 Å². The van der Waals surface area contributed by atoms with Crippen molar-refractivity contribution in [1.82, 2.24) is 15.0 Å². The monoisotopic (exact) mass is 776 g/mol. The first-order valence-electron chi connectivity index (χ1n) is 22.1. The van der Waals surface area contributed by atoms with E-state index in [1.54, 1.807) is 0 Å². The first-order chi connectivity index (χ1) is 26.1. The Bertz CT molecular complexity index is 1690. The summed E-state index contributed by atoms with van der Waals surface area (Å²) in [6.45, 7) is 29.1. The van der Waals surface area contributed by atoms with Gasteiger partial charge in [-0.2, -0.15) is 0 Å². The van der Waals surface area contributed by atoms with Crippen LogP contribution in [0.1, 0.15) is 150 Å². The number of ether oxygens (including phenoxy) is 1. The highest BCUT2D eigenvalue weighted by molar-refractivity contribution is 5.77. The fraction of sp³-hybridized carbons (Fsp3) is 0.830. The van der Waals surface area contributed by atoms with Crippen LogP contribution in [0, 0.1) is 69.0 Å². The number of hydrogen-bond donors (Lipinski definition) is 1. The number of carboxylic acids is 1. The van der Waals surface area contributed by atoms with Crippen molar-refractivity contribution in [1.29, 1.82) is 0 Å². The molecular formula is C47H73N3O6. The Balaban J connectivity index is 1.06. The van der Waals surface area contributed by atoms with E-state index in [1.165, 1.54) is 31.3 Å². The minimum Gasteiger partial charge on any atom is -0.481 e. The van der Waals surface area contributed by atoms with Gasteiger partial charge in [0.25, 0.3) is 0 Å². The van der Waals surface area contributed by atoms with Crippen LogP contribution in [0.4, 0.5) is 0 Å². The van der Waals surface area contributed by atoms with Crippen molar-refractivity contribution in [3.05, 3.63) is 29.7 Å². The third-order valence-corrected chi connectivity index (χ3v) is 18.0. The van der Waals surface area contributed by atoms with Crippen molar-refractivity contribution < 1.29 is 28.8 Å².